The van der Waals surface area contributed by atoms with E-state index < -0.39 is 5.91 Å². The van der Waals surface area contributed by atoms with E-state index >= 15 is 0 Å². The zero-order valence-electron chi connectivity index (χ0n) is 15.8. The number of aryl methyl sites for hydroxylation is 1. The molecule has 0 spiro atoms. The number of imidazole rings is 1. The highest BCUT2D eigenvalue weighted by atomic mass is 32.2. The minimum Gasteiger partial charge on any atom is -0.366 e. The van der Waals surface area contributed by atoms with Gasteiger partial charge < -0.3 is 15.6 Å². The molecule has 0 unspecified atom stereocenters. The van der Waals surface area contributed by atoms with Gasteiger partial charge in [0.15, 0.2) is 5.16 Å². The van der Waals surface area contributed by atoms with Crippen molar-refractivity contribution in [1.29, 1.82) is 0 Å². The number of hydrogen-bond acceptors (Lipinski definition) is 5. The molecule has 6 nitrogen and oxygen atoms in total. The van der Waals surface area contributed by atoms with Crippen LogP contribution in [0.2, 0.25) is 0 Å². The number of primary amides is 1. The van der Waals surface area contributed by atoms with Gasteiger partial charge in [-0.3, -0.25) is 9.59 Å². The maximum absolute atomic E-state index is 12.4. The zero-order valence-corrected chi connectivity index (χ0v) is 17.4. The Bertz CT molecular complexity index is 964. The van der Waals surface area contributed by atoms with E-state index in [1.54, 1.807) is 11.4 Å². The van der Waals surface area contributed by atoms with Crippen molar-refractivity contribution in [2.24, 2.45) is 5.73 Å². The van der Waals surface area contributed by atoms with Crippen LogP contribution in [-0.2, 0) is 11.3 Å². The molecule has 0 fully saturated rings. The summed E-state index contributed by atoms with van der Waals surface area (Å²) >= 11 is 2.70. The topological polar surface area (TPSA) is 90.0 Å². The quantitative estimate of drug-likeness (QED) is 0.376. The van der Waals surface area contributed by atoms with E-state index in [0.717, 1.165) is 29.2 Å². The van der Waals surface area contributed by atoms with E-state index in [0.29, 0.717) is 10.6 Å². The SMILES string of the molecule is CCCCCCn1c(SCC(=O)Nc2sccc2C(N)=O)nc2ccccc21. The molecule has 2 heterocycles. The number of nitrogens with one attached hydrogen (secondary N) is 1. The molecule has 148 valence electrons. The molecule has 2 aromatic heterocycles. The number of unbranched alkanes of at least 4 members (excludes halogenated alkanes) is 3. The molecule has 3 aromatic rings. The third-order valence-electron chi connectivity index (χ3n) is 4.37. The molecule has 0 radical (unpaired) electrons. The monoisotopic (exact) mass is 416 g/mol. The Morgan fingerprint density at radius 2 is 2.04 bits per heavy atom. The first-order valence-electron chi connectivity index (χ1n) is 9.35. The second kappa shape index (κ2) is 9.75. The molecule has 0 aliphatic heterocycles. The van der Waals surface area contributed by atoms with Gasteiger partial charge in [0, 0.05) is 6.54 Å². The lowest BCUT2D eigenvalue weighted by Gasteiger charge is -2.09. The normalized spacial score (nSPS) is 11.0. The summed E-state index contributed by atoms with van der Waals surface area (Å²) in [5.74, 6) is -0.508. The van der Waals surface area contributed by atoms with Crippen LogP contribution < -0.4 is 11.1 Å². The average Bonchev–Trinajstić information content (AvgIpc) is 3.28. The third-order valence-corrected chi connectivity index (χ3v) is 6.18. The van der Waals surface area contributed by atoms with Gasteiger partial charge in [-0.1, -0.05) is 50.1 Å². The number of nitrogens with two attached hydrogens (primary N) is 1. The first kappa shape index (κ1) is 20.4. The number of thiophene rings is 1. The molecule has 0 saturated carbocycles. The van der Waals surface area contributed by atoms with Crippen LogP contribution >= 0.6 is 23.1 Å². The zero-order chi connectivity index (χ0) is 19.9. The Labute approximate surface area is 172 Å². The summed E-state index contributed by atoms with van der Waals surface area (Å²) < 4.78 is 2.20. The van der Waals surface area contributed by atoms with Crippen molar-refractivity contribution in [3.05, 3.63) is 41.3 Å². The average molecular weight is 417 g/mol. The maximum Gasteiger partial charge on any atom is 0.251 e. The predicted molar refractivity (Wildman–Crippen MR) is 116 cm³/mol. The largest absolute Gasteiger partial charge is 0.366 e. The van der Waals surface area contributed by atoms with Crippen LogP contribution in [-0.4, -0.2) is 27.1 Å². The minimum atomic E-state index is -0.543. The van der Waals surface area contributed by atoms with Crippen LogP contribution in [0.1, 0.15) is 43.0 Å². The first-order valence-corrected chi connectivity index (χ1v) is 11.2. The molecule has 8 heteroatoms. The van der Waals surface area contributed by atoms with Gasteiger partial charge >= 0.3 is 0 Å². The van der Waals surface area contributed by atoms with Crippen LogP contribution in [0, 0.1) is 0 Å². The van der Waals surface area contributed by atoms with Crippen molar-refractivity contribution in [2.75, 3.05) is 11.1 Å². The van der Waals surface area contributed by atoms with Crippen molar-refractivity contribution < 1.29 is 9.59 Å². The van der Waals surface area contributed by atoms with Crippen LogP contribution in [0.3, 0.4) is 0 Å². The summed E-state index contributed by atoms with van der Waals surface area (Å²) in [6, 6.07) is 9.66. The lowest BCUT2D eigenvalue weighted by atomic mass is 10.2. The summed E-state index contributed by atoms with van der Waals surface area (Å²) in [5, 5.41) is 5.84. The second-order valence-electron chi connectivity index (χ2n) is 6.46. The van der Waals surface area contributed by atoms with E-state index in [-0.39, 0.29) is 11.7 Å². The molecule has 1 aromatic carbocycles. The highest BCUT2D eigenvalue weighted by Crippen LogP contribution is 2.26. The molecule has 0 aliphatic carbocycles. The number of anilines is 1. The number of para-hydroxylation sites is 2. The van der Waals surface area contributed by atoms with Gasteiger partial charge in [-0.05, 0) is 30.0 Å². The number of carbonyl (C=O) groups excluding carboxylic acids is 2. The fraction of sp³-hybridized carbons (Fsp3) is 0.350. The van der Waals surface area contributed by atoms with Gasteiger partial charge in [-0.2, -0.15) is 0 Å². The van der Waals surface area contributed by atoms with Crippen LogP contribution in [0.25, 0.3) is 11.0 Å². The smallest absolute Gasteiger partial charge is 0.251 e. The Morgan fingerprint density at radius 1 is 1.21 bits per heavy atom. The molecule has 0 bridgehead atoms. The Kier molecular flexibility index (Phi) is 7.11. The number of rotatable bonds is 10. The second-order valence-corrected chi connectivity index (χ2v) is 8.32. The minimum absolute atomic E-state index is 0.181. The van der Waals surface area contributed by atoms with E-state index in [9.17, 15) is 9.59 Å². The number of fused-ring (bicyclic) bond motifs is 1. The van der Waals surface area contributed by atoms with Crippen LogP contribution in [0.4, 0.5) is 5.00 Å². The molecule has 3 N–H and O–H groups in total. The van der Waals surface area contributed by atoms with E-state index in [2.05, 4.69) is 22.9 Å². The molecule has 3 rings (SSSR count). The lowest BCUT2D eigenvalue weighted by Crippen LogP contribution is -2.18. The number of thioether (sulfide) groups is 1. The number of amides is 2. The van der Waals surface area contributed by atoms with Crippen molar-refractivity contribution in [1.82, 2.24) is 9.55 Å². The van der Waals surface area contributed by atoms with E-state index in [1.807, 2.05) is 18.2 Å². The number of aromatic nitrogens is 2. The van der Waals surface area contributed by atoms with Crippen molar-refractivity contribution in [2.45, 2.75) is 44.3 Å². The van der Waals surface area contributed by atoms with Crippen molar-refractivity contribution in [3.63, 3.8) is 0 Å². The summed E-state index contributed by atoms with van der Waals surface area (Å²) in [6.07, 6.45) is 4.69. The summed E-state index contributed by atoms with van der Waals surface area (Å²) in [4.78, 5) is 28.5. The number of carbonyl (C=O) groups is 2. The number of hydrogen-bond donors (Lipinski definition) is 2. The summed E-state index contributed by atoms with van der Waals surface area (Å²) in [6.45, 7) is 3.09. The number of nitrogens with zero attached hydrogens (tertiary/aromatic N) is 2. The molecule has 0 saturated heterocycles. The predicted octanol–water partition coefficient (Wildman–Crippen LogP) is 4.51. The van der Waals surface area contributed by atoms with E-state index in [4.69, 9.17) is 10.7 Å². The van der Waals surface area contributed by atoms with Crippen molar-refractivity contribution in [3.8, 4) is 0 Å². The Balaban J connectivity index is 1.68. The van der Waals surface area contributed by atoms with Gasteiger partial charge in [-0.15, -0.1) is 11.3 Å². The molecular formula is C20H24N4O2S2. The fourth-order valence-electron chi connectivity index (χ4n) is 2.97. The van der Waals surface area contributed by atoms with Crippen LogP contribution in [0.5, 0.6) is 0 Å². The molecule has 0 aliphatic rings. The van der Waals surface area contributed by atoms with Gasteiger partial charge in [0.25, 0.3) is 5.91 Å². The van der Waals surface area contributed by atoms with Gasteiger partial charge in [0.05, 0.1) is 22.3 Å². The number of benzene rings is 1. The Hall–Kier alpha value is -2.32. The molecular weight excluding hydrogens is 392 g/mol. The summed E-state index contributed by atoms with van der Waals surface area (Å²) in [5.41, 5.74) is 7.70. The summed E-state index contributed by atoms with van der Waals surface area (Å²) in [7, 11) is 0. The van der Waals surface area contributed by atoms with Gasteiger partial charge in [0.2, 0.25) is 5.91 Å². The maximum atomic E-state index is 12.4. The fourth-order valence-corrected chi connectivity index (χ4v) is 4.62. The molecule has 28 heavy (non-hydrogen) atoms. The third kappa shape index (κ3) is 4.94. The Morgan fingerprint density at radius 3 is 2.82 bits per heavy atom. The highest BCUT2D eigenvalue weighted by Gasteiger charge is 2.15. The van der Waals surface area contributed by atoms with Gasteiger partial charge in [-0.25, -0.2) is 4.98 Å². The first-order chi connectivity index (χ1) is 13.6. The van der Waals surface area contributed by atoms with E-state index in [1.165, 1.54) is 42.4 Å². The molecule has 2 amide bonds. The van der Waals surface area contributed by atoms with Crippen LogP contribution in [0.15, 0.2) is 40.9 Å². The highest BCUT2D eigenvalue weighted by molar-refractivity contribution is 7.99. The van der Waals surface area contributed by atoms with Crippen molar-refractivity contribution >= 4 is 50.9 Å². The van der Waals surface area contributed by atoms with Gasteiger partial charge in [0.1, 0.15) is 5.00 Å². The molecule has 0 atom stereocenters. The standard InChI is InChI=1S/C20H24N4O2S2/c1-2-3-4-7-11-24-16-9-6-5-8-15(16)22-20(24)28-13-17(25)23-19-14(18(21)26)10-12-27-19/h5-6,8-10,12H,2-4,7,11,13H2,1H3,(H2,21,26)(H,23,25). The lowest BCUT2D eigenvalue weighted by molar-refractivity contribution is -0.113.